The fourth-order valence-electron chi connectivity index (χ4n) is 2.14. The number of halogens is 2. The van der Waals surface area contributed by atoms with Crippen molar-refractivity contribution in [2.24, 2.45) is 0 Å². The van der Waals surface area contributed by atoms with Gasteiger partial charge in [0.2, 0.25) is 5.91 Å². The molecule has 0 aliphatic rings. The van der Waals surface area contributed by atoms with Crippen molar-refractivity contribution in [2.75, 3.05) is 17.7 Å². The standard InChI is InChI=1S/C18H18Cl2N2O4/c1-10(26-16-6-4-12(19)8-14(16)20)18(24)22-15-9-13(21-11(2)23)5-7-17(15)25-3/h4-10H,1-3H3,(H,21,23)(H,22,24)/t10-/m0/s1. The van der Waals surface area contributed by atoms with Gasteiger partial charge in [0.25, 0.3) is 5.91 Å². The monoisotopic (exact) mass is 396 g/mol. The summed E-state index contributed by atoms with van der Waals surface area (Å²) < 4.78 is 10.8. The third kappa shape index (κ3) is 5.28. The lowest BCUT2D eigenvalue weighted by Gasteiger charge is -2.17. The van der Waals surface area contributed by atoms with Gasteiger partial charge in [0.1, 0.15) is 11.5 Å². The number of nitrogens with one attached hydrogen (secondary N) is 2. The number of carbonyl (C=O) groups excluding carboxylic acids is 2. The zero-order chi connectivity index (χ0) is 19.3. The summed E-state index contributed by atoms with van der Waals surface area (Å²) in [5.41, 5.74) is 0.935. The van der Waals surface area contributed by atoms with E-state index in [1.165, 1.54) is 20.1 Å². The molecule has 0 fully saturated rings. The fraction of sp³-hybridized carbons (Fsp3) is 0.222. The lowest BCUT2D eigenvalue weighted by atomic mass is 10.2. The van der Waals surface area contributed by atoms with Crippen LogP contribution in [0.3, 0.4) is 0 Å². The maximum absolute atomic E-state index is 12.4. The normalized spacial score (nSPS) is 11.4. The van der Waals surface area contributed by atoms with Crippen molar-refractivity contribution in [3.63, 3.8) is 0 Å². The Hall–Kier alpha value is -2.44. The van der Waals surface area contributed by atoms with Crippen LogP contribution in [0.1, 0.15) is 13.8 Å². The van der Waals surface area contributed by atoms with Gasteiger partial charge < -0.3 is 20.1 Å². The predicted molar refractivity (Wildman–Crippen MR) is 102 cm³/mol. The summed E-state index contributed by atoms with van der Waals surface area (Å²) in [5, 5.41) is 6.14. The summed E-state index contributed by atoms with van der Waals surface area (Å²) in [6.07, 6.45) is -0.831. The van der Waals surface area contributed by atoms with Crippen LogP contribution < -0.4 is 20.1 Å². The minimum Gasteiger partial charge on any atom is -0.495 e. The molecule has 8 heteroatoms. The molecule has 0 spiro atoms. The molecule has 0 bridgehead atoms. The zero-order valence-corrected chi connectivity index (χ0v) is 15.9. The van der Waals surface area contributed by atoms with E-state index in [2.05, 4.69) is 10.6 Å². The molecule has 26 heavy (non-hydrogen) atoms. The average molecular weight is 397 g/mol. The minimum absolute atomic E-state index is 0.221. The van der Waals surface area contributed by atoms with Gasteiger partial charge in [0.05, 0.1) is 17.8 Å². The molecule has 0 saturated carbocycles. The third-order valence-electron chi connectivity index (χ3n) is 3.34. The third-order valence-corrected chi connectivity index (χ3v) is 3.88. The Morgan fingerprint density at radius 1 is 1.04 bits per heavy atom. The van der Waals surface area contributed by atoms with Crippen molar-refractivity contribution in [3.05, 3.63) is 46.4 Å². The van der Waals surface area contributed by atoms with Gasteiger partial charge in [0.15, 0.2) is 6.10 Å². The molecule has 0 aromatic heterocycles. The maximum atomic E-state index is 12.4. The van der Waals surface area contributed by atoms with E-state index in [9.17, 15) is 9.59 Å². The SMILES string of the molecule is COc1ccc(NC(C)=O)cc1NC(=O)[C@H](C)Oc1ccc(Cl)cc1Cl. The highest BCUT2D eigenvalue weighted by atomic mass is 35.5. The van der Waals surface area contributed by atoms with Gasteiger partial charge in [0, 0.05) is 17.6 Å². The van der Waals surface area contributed by atoms with Crippen molar-refractivity contribution < 1.29 is 19.1 Å². The summed E-state index contributed by atoms with van der Waals surface area (Å²) in [6, 6.07) is 9.65. The Balaban J connectivity index is 2.13. The number of rotatable bonds is 6. The van der Waals surface area contributed by atoms with Gasteiger partial charge in [-0.2, -0.15) is 0 Å². The van der Waals surface area contributed by atoms with Gasteiger partial charge in [-0.3, -0.25) is 9.59 Å². The first-order chi connectivity index (χ1) is 12.3. The molecule has 0 aliphatic carbocycles. The van der Waals surface area contributed by atoms with Crippen LogP contribution in [0.5, 0.6) is 11.5 Å². The van der Waals surface area contributed by atoms with Gasteiger partial charge >= 0.3 is 0 Å². The number of hydrogen-bond donors (Lipinski definition) is 2. The van der Waals surface area contributed by atoms with Crippen LogP contribution in [0.2, 0.25) is 10.0 Å². The molecule has 0 radical (unpaired) electrons. The van der Waals surface area contributed by atoms with Crippen LogP contribution in [0, 0.1) is 0 Å². The molecule has 2 rings (SSSR count). The van der Waals surface area contributed by atoms with Crippen molar-refractivity contribution >= 4 is 46.4 Å². The molecule has 2 amide bonds. The largest absolute Gasteiger partial charge is 0.495 e. The molecule has 138 valence electrons. The van der Waals surface area contributed by atoms with Gasteiger partial charge in [-0.05, 0) is 43.3 Å². The second-order valence-electron chi connectivity index (χ2n) is 5.42. The topological polar surface area (TPSA) is 76.7 Å². The summed E-state index contributed by atoms with van der Waals surface area (Å²) in [4.78, 5) is 23.6. The quantitative estimate of drug-likeness (QED) is 0.759. The first kappa shape index (κ1) is 19.9. The first-order valence-electron chi connectivity index (χ1n) is 7.68. The van der Waals surface area contributed by atoms with E-state index < -0.39 is 12.0 Å². The molecule has 0 aliphatic heterocycles. The van der Waals surface area contributed by atoms with Gasteiger partial charge in [-0.15, -0.1) is 0 Å². The summed E-state index contributed by atoms with van der Waals surface area (Å²) >= 11 is 11.9. The Morgan fingerprint density at radius 2 is 1.73 bits per heavy atom. The lowest BCUT2D eigenvalue weighted by molar-refractivity contribution is -0.122. The van der Waals surface area contributed by atoms with E-state index in [1.54, 1.807) is 37.3 Å². The van der Waals surface area contributed by atoms with Crippen LogP contribution in [0.25, 0.3) is 0 Å². The number of methoxy groups -OCH3 is 1. The fourth-order valence-corrected chi connectivity index (χ4v) is 2.59. The molecule has 0 heterocycles. The average Bonchev–Trinajstić information content (AvgIpc) is 2.57. The highest BCUT2D eigenvalue weighted by molar-refractivity contribution is 6.35. The van der Waals surface area contributed by atoms with Crippen molar-refractivity contribution in [1.82, 2.24) is 0 Å². The highest BCUT2D eigenvalue weighted by Gasteiger charge is 2.18. The molecule has 2 aromatic rings. The zero-order valence-electron chi connectivity index (χ0n) is 14.4. The predicted octanol–water partition coefficient (Wildman–Crippen LogP) is 4.37. The van der Waals surface area contributed by atoms with Crippen LogP contribution in [-0.2, 0) is 9.59 Å². The van der Waals surface area contributed by atoms with Crippen molar-refractivity contribution in [2.45, 2.75) is 20.0 Å². The number of carbonyl (C=O) groups is 2. The Labute approximate surface area is 161 Å². The number of anilines is 2. The number of amides is 2. The van der Waals surface area contributed by atoms with E-state index >= 15 is 0 Å². The number of ether oxygens (including phenoxy) is 2. The van der Waals surface area contributed by atoms with E-state index in [4.69, 9.17) is 32.7 Å². The summed E-state index contributed by atoms with van der Waals surface area (Å²) in [6.45, 7) is 2.98. The van der Waals surface area contributed by atoms with Crippen LogP contribution in [0.4, 0.5) is 11.4 Å². The molecule has 2 aromatic carbocycles. The number of benzene rings is 2. The van der Waals surface area contributed by atoms with Crippen LogP contribution >= 0.6 is 23.2 Å². The second kappa shape index (κ2) is 8.78. The van der Waals surface area contributed by atoms with E-state index in [-0.39, 0.29) is 5.91 Å². The molecular formula is C18H18Cl2N2O4. The van der Waals surface area contributed by atoms with E-state index in [0.717, 1.165) is 0 Å². The van der Waals surface area contributed by atoms with Crippen molar-refractivity contribution in [3.8, 4) is 11.5 Å². The molecule has 0 unspecified atom stereocenters. The molecular weight excluding hydrogens is 379 g/mol. The first-order valence-corrected chi connectivity index (χ1v) is 8.44. The molecule has 2 N–H and O–H groups in total. The Morgan fingerprint density at radius 3 is 2.35 bits per heavy atom. The highest BCUT2D eigenvalue weighted by Crippen LogP contribution is 2.30. The van der Waals surface area contributed by atoms with Crippen LogP contribution in [-0.4, -0.2) is 25.0 Å². The maximum Gasteiger partial charge on any atom is 0.265 e. The van der Waals surface area contributed by atoms with Crippen molar-refractivity contribution in [1.29, 1.82) is 0 Å². The number of hydrogen-bond acceptors (Lipinski definition) is 4. The lowest BCUT2D eigenvalue weighted by Crippen LogP contribution is -2.30. The van der Waals surface area contributed by atoms with Crippen LogP contribution in [0.15, 0.2) is 36.4 Å². The summed E-state index contributed by atoms with van der Waals surface area (Å²) in [7, 11) is 1.48. The summed E-state index contributed by atoms with van der Waals surface area (Å²) in [5.74, 6) is 0.165. The molecule has 0 saturated heterocycles. The van der Waals surface area contributed by atoms with E-state index in [0.29, 0.717) is 32.9 Å². The van der Waals surface area contributed by atoms with Gasteiger partial charge in [-0.1, -0.05) is 23.2 Å². The Kier molecular flexibility index (Phi) is 6.71. The van der Waals surface area contributed by atoms with E-state index in [1.807, 2.05) is 0 Å². The van der Waals surface area contributed by atoms with Gasteiger partial charge in [-0.25, -0.2) is 0 Å². The molecule has 6 nitrogen and oxygen atoms in total. The second-order valence-corrected chi connectivity index (χ2v) is 6.26. The smallest absolute Gasteiger partial charge is 0.265 e. The Bertz CT molecular complexity index is 827. The minimum atomic E-state index is -0.831. The molecule has 1 atom stereocenters.